The number of carbonyl (C=O) groups is 2. The average molecular weight is 507 g/mol. The Kier molecular flexibility index (Phi) is 10.2. The highest BCUT2D eigenvalue weighted by Crippen LogP contribution is 2.31. The summed E-state index contributed by atoms with van der Waals surface area (Å²) in [5.74, 6) is -3.46. The van der Waals surface area contributed by atoms with E-state index < -0.39 is 46.9 Å². The van der Waals surface area contributed by atoms with Gasteiger partial charge in [0.2, 0.25) is 5.88 Å². The monoisotopic (exact) mass is 506 g/mol. The van der Waals surface area contributed by atoms with Crippen molar-refractivity contribution < 1.29 is 33.3 Å². The number of halogens is 3. The number of urea groups is 1. The van der Waals surface area contributed by atoms with Crippen molar-refractivity contribution >= 4 is 40.1 Å². The van der Waals surface area contributed by atoms with E-state index >= 15 is 0 Å². The number of carboxylic acid groups (broad SMARTS) is 1. The van der Waals surface area contributed by atoms with Crippen molar-refractivity contribution in [2.75, 3.05) is 18.4 Å². The first-order valence-corrected chi connectivity index (χ1v) is 11.2. The molecule has 5 N–H and O–H groups in total. The topological polar surface area (TPSA) is 133 Å². The second-order valence-corrected chi connectivity index (χ2v) is 8.54. The number of anilines is 1. The lowest BCUT2D eigenvalue weighted by atomic mass is 10.2. The molecule has 0 saturated heterocycles. The van der Waals surface area contributed by atoms with Gasteiger partial charge in [-0.05, 0) is 43.1 Å². The number of nitrogens with zero attached hydrogens (tertiary/aromatic N) is 1. The van der Waals surface area contributed by atoms with Crippen LogP contribution in [-0.2, 0) is 6.61 Å². The second kappa shape index (κ2) is 12.6. The molecule has 0 radical (unpaired) electrons. The van der Waals surface area contributed by atoms with Crippen LogP contribution in [0.2, 0.25) is 5.02 Å². The minimum absolute atomic E-state index is 0.0977. The summed E-state index contributed by atoms with van der Waals surface area (Å²) in [5, 5.41) is 27.0. The lowest BCUT2D eigenvalue weighted by molar-refractivity contribution is 0.0693. The van der Waals surface area contributed by atoms with E-state index in [1.807, 2.05) is 13.8 Å². The number of aromatic carboxylic acids is 1. The van der Waals surface area contributed by atoms with Gasteiger partial charge in [0, 0.05) is 18.2 Å². The maximum absolute atomic E-state index is 13.9. The second-order valence-electron chi connectivity index (χ2n) is 7.36. The Balaban J connectivity index is 1.91. The van der Waals surface area contributed by atoms with E-state index in [-0.39, 0.29) is 23.0 Å². The van der Waals surface area contributed by atoms with Gasteiger partial charge in [0.25, 0.3) is 0 Å². The molecule has 1 unspecified atom stereocenters. The maximum Gasteiger partial charge on any atom is 0.344 e. The molecule has 0 spiro atoms. The number of aliphatic hydroxyl groups is 1. The Hall–Kier alpha value is -2.54. The zero-order valence-electron chi connectivity index (χ0n) is 18.0. The first-order chi connectivity index (χ1) is 15.6. The van der Waals surface area contributed by atoms with Crippen LogP contribution in [0.25, 0.3) is 0 Å². The summed E-state index contributed by atoms with van der Waals surface area (Å²) in [5.41, 5.74) is -0.611. The fourth-order valence-electron chi connectivity index (χ4n) is 2.65. The summed E-state index contributed by atoms with van der Waals surface area (Å²) >= 11 is 6.16. The predicted molar refractivity (Wildman–Crippen MR) is 120 cm³/mol. The van der Waals surface area contributed by atoms with Gasteiger partial charge < -0.3 is 25.6 Å². The van der Waals surface area contributed by atoms with E-state index in [2.05, 4.69) is 20.3 Å². The fourth-order valence-corrected chi connectivity index (χ4v) is 3.52. The molecule has 2 aromatic rings. The molecular weight excluding hydrogens is 482 g/mol. The van der Waals surface area contributed by atoms with Gasteiger partial charge >= 0.3 is 12.0 Å². The van der Waals surface area contributed by atoms with Gasteiger partial charge in [-0.25, -0.2) is 18.4 Å². The maximum atomic E-state index is 13.9. The molecule has 2 amide bonds. The van der Waals surface area contributed by atoms with E-state index in [9.17, 15) is 28.6 Å². The van der Waals surface area contributed by atoms with Crippen molar-refractivity contribution in [1.29, 1.82) is 0 Å². The highest BCUT2D eigenvalue weighted by molar-refractivity contribution is 7.11. The van der Waals surface area contributed by atoms with Crippen LogP contribution in [0.15, 0.2) is 12.1 Å². The molecule has 0 aliphatic heterocycles. The Morgan fingerprint density at radius 2 is 1.91 bits per heavy atom. The van der Waals surface area contributed by atoms with Crippen molar-refractivity contribution in [3.63, 3.8) is 0 Å². The van der Waals surface area contributed by atoms with E-state index in [0.717, 1.165) is 12.1 Å². The van der Waals surface area contributed by atoms with Crippen molar-refractivity contribution in [1.82, 2.24) is 15.0 Å². The Morgan fingerprint density at radius 1 is 1.21 bits per heavy atom. The highest BCUT2D eigenvalue weighted by Gasteiger charge is 2.24. The third-order valence-corrected chi connectivity index (χ3v) is 5.38. The van der Waals surface area contributed by atoms with Crippen LogP contribution in [0.5, 0.6) is 5.88 Å². The molecule has 1 atom stereocenters. The van der Waals surface area contributed by atoms with Crippen LogP contribution in [0.4, 0.5) is 18.6 Å². The first kappa shape index (κ1) is 26.7. The van der Waals surface area contributed by atoms with Gasteiger partial charge in [0.05, 0.1) is 11.1 Å². The van der Waals surface area contributed by atoms with Crippen LogP contribution >= 0.6 is 23.1 Å². The number of aliphatic hydroxyl groups excluding tert-OH is 1. The Bertz CT molecular complexity index is 976. The zero-order valence-corrected chi connectivity index (χ0v) is 19.5. The number of aromatic nitrogens is 1. The third-order valence-electron chi connectivity index (χ3n) is 4.35. The number of nitrogens with one attached hydrogen (secondary N) is 3. The lowest BCUT2D eigenvalue weighted by Gasteiger charge is -2.13. The molecule has 13 heteroatoms. The molecule has 0 aliphatic rings. The molecule has 33 heavy (non-hydrogen) atoms. The summed E-state index contributed by atoms with van der Waals surface area (Å²) in [6.45, 7) is 4.30. The number of benzene rings is 1. The van der Waals surface area contributed by atoms with E-state index in [1.54, 1.807) is 0 Å². The largest absolute Gasteiger partial charge is 0.477 e. The summed E-state index contributed by atoms with van der Waals surface area (Å²) in [6, 6.07) is 1.24. The summed E-state index contributed by atoms with van der Waals surface area (Å²) < 4.78 is 36.5. The minimum Gasteiger partial charge on any atom is -0.477 e. The van der Waals surface area contributed by atoms with Crippen molar-refractivity contribution in [3.05, 3.63) is 39.9 Å². The molecule has 1 aromatic heterocycles. The minimum atomic E-state index is -1.43. The third kappa shape index (κ3) is 8.39. The number of carboxylic acids is 1. The van der Waals surface area contributed by atoms with Crippen molar-refractivity contribution in [2.24, 2.45) is 0 Å². The van der Waals surface area contributed by atoms with E-state index in [1.165, 1.54) is 0 Å². The lowest BCUT2D eigenvalue weighted by Crippen LogP contribution is -2.32. The van der Waals surface area contributed by atoms with Gasteiger partial charge in [-0.2, -0.15) is 4.37 Å². The quantitative estimate of drug-likeness (QED) is 0.278. The van der Waals surface area contributed by atoms with Crippen LogP contribution in [0, 0.1) is 11.6 Å². The molecule has 0 saturated carbocycles. The van der Waals surface area contributed by atoms with Crippen LogP contribution < -0.4 is 20.7 Å². The van der Waals surface area contributed by atoms with Gasteiger partial charge in [0.15, 0.2) is 5.56 Å². The normalized spacial score (nSPS) is 12.0. The molecule has 2 rings (SSSR count). The summed E-state index contributed by atoms with van der Waals surface area (Å²) in [6.07, 6.45) is 0.241. The molecule has 0 aliphatic carbocycles. The number of hydrogen-bond acceptors (Lipinski definition) is 7. The van der Waals surface area contributed by atoms with Crippen LogP contribution in [-0.4, -0.2) is 51.8 Å². The van der Waals surface area contributed by atoms with Gasteiger partial charge in [-0.3, -0.25) is 5.32 Å². The summed E-state index contributed by atoms with van der Waals surface area (Å²) in [7, 11) is 0. The molecule has 0 bridgehead atoms. The SMILES string of the molecule is CC(C)NCCC(O)CCNC(=O)Nc1snc(OCc2cc(F)c(Cl)cc2F)c1C(=O)O. The molecule has 1 heterocycles. The van der Waals surface area contributed by atoms with Crippen molar-refractivity contribution in [2.45, 2.75) is 45.4 Å². The number of amides is 2. The van der Waals surface area contributed by atoms with Gasteiger partial charge in [-0.1, -0.05) is 25.4 Å². The van der Waals surface area contributed by atoms with Crippen molar-refractivity contribution in [3.8, 4) is 5.88 Å². The fraction of sp³-hybridized carbons (Fsp3) is 0.450. The molecular formula is C20H25ClF2N4O5S. The highest BCUT2D eigenvalue weighted by atomic mass is 35.5. The van der Waals surface area contributed by atoms with Gasteiger partial charge in [0.1, 0.15) is 23.2 Å². The number of carbonyl (C=O) groups excluding carboxylic acids is 1. The molecule has 9 nitrogen and oxygen atoms in total. The van der Waals surface area contributed by atoms with E-state index in [0.29, 0.717) is 37.0 Å². The first-order valence-electron chi connectivity index (χ1n) is 10.0. The molecule has 0 fully saturated rings. The van der Waals surface area contributed by atoms with E-state index in [4.69, 9.17) is 16.3 Å². The number of hydrogen-bond donors (Lipinski definition) is 5. The Labute approximate surface area is 198 Å². The van der Waals surface area contributed by atoms with Crippen LogP contribution in [0.1, 0.15) is 42.6 Å². The average Bonchev–Trinajstić information content (AvgIpc) is 3.12. The van der Waals surface area contributed by atoms with Crippen LogP contribution in [0.3, 0.4) is 0 Å². The number of ether oxygens (including phenoxy) is 1. The Morgan fingerprint density at radius 3 is 2.58 bits per heavy atom. The number of rotatable bonds is 12. The zero-order chi connectivity index (χ0) is 24.5. The van der Waals surface area contributed by atoms with Gasteiger partial charge in [-0.15, -0.1) is 0 Å². The summed E-state index contributed by atoms with van der Waals surface area (Å²) in [4.78, 5) is 23.7. The molecule has 182 valence electrons. The standard InChI is InChI=1S/C20H25ClF2N4O5S/c1-10(2)24-5-3-12(28)4-6-25-20(31)26-18-16(19(29)30)17(27-33-18)32-9-11-7-15(23)13(21)8-14(11)22/h7-8,10,12,24,28H,3-6,9H2,1-2H3,(H,29,30)(H2,25,26,31). The predicted octanol–water partition coefficient (Wildman–Crippen LogP) is 3.61. The molecule has 1 aromatic carbocycles. The smallest absolute Gasteiger partial charge is 0.344 e.